The standard InChI is InChI=1S/C16H10F3N3OS/c17-16(18,19)10-4-2-1-3-8(10)12-5-9-11-6-22(7-21-11)13(15(20)23)14(9)24-12/h1-5,7H,6H2,(H2,20,23). The molecule has 2 N–H and O–H groups in total. The molecule has 3 heterocycles. The summed E-state index contributed by atoms with van der Waals surface area (Å²) < 4.78 is 40.3. The number of alkyl halides is 3. The van der Waals surface area contributed by atoms with Gasteiger partial charge in [-0.25, -0.2) is 4.99 Å². The van der Waals surface area contributed by atoms with Crippen LogP contribution in [-0.4, -0.2) is 23.7 Å². The summed E-state index contributed by atoms with van der Waals surface area (Å²) in [7, 11) is 0. The maximum atomic E-state index is 13.3. The van der Waals surface area contributed by atoms with Crippen LogP contribution in [0.1, 0.15) is 5.56 Å². The van der Waals surface area contributed by atoms with Crippen molar-refractivity contribution in [3.05, 3.63) is 45.6 Å². The van der Waals surface area contributed by atoms with Crippen molar-refractivity contribution in [2.24, 2.45) is 10.7 Å². The fourth-order valence-electron chi connectivity index (χ4n) is 2.92. The van der Waals surface area contributed by atoms with E-state index in [4.69, 9.17) is 5.73 Å². The third kappa shape index (κ3) is 2.14. The number of primary amides is 1. The summed E-state index contributed by atoms with van der Waals surface area (Å²) in [5.41, 5.74) is 5.83. The molecule has 24 heavy (non-hydrogen) atoms. The smallest absolute Gasteiger partial charge is 0.364 e. The number of amides is 1. The molecule has 2 aliphatic rings. The minimum absolute atomic E-state index is 0.0867. The second kappa shape index (κ2) is 4.94. The largest absolute Gasteiger partial charge is 0.417 e. The summed E-state index contributed by atoms with van der Waals surface area (Å²) in [5, 5.41) is 0.672. The van der Waals surface area contributed by atoms with Crippen LogP contribution in [0, 0.1) is 0 Å². The van der Waals surface area contributed by atoms with Crippen LogP contribution < -0.4 is 15.5 Å². The number of nitrogens with two attached hydrogens (primary N) is 1. The monoisotopic (exact) mass is 349 g/mol. The third-order valence-corrected chi connectivity index (χ3v) is 5.12. The fourth-order valence-corrected chi connectivity index (χ4v) is 4.20. The molecule has 1 aromatic heterocycles. The molecular weight excluding hydrogens is 339 g/mol. The lowest BCUT2D eigenvalue weighted by Gasteiger charge is -2.17. The van der Waals surface area contributed by atoms with Crippen molar-refractivity contribution >= 4 is 35.0 Å². The van der Waals surface area contributed by atoms with Crippen LogP contribution in [0.25, 0.3) is 21.8 Å². The lowest BCUT2D eigenvalue weighted by molar-refractivity contribution is -0.137. The zero-order valence-electron chi connectivity index (χ0n) is 12.1. The Kier molecular flexibility index (Phi) is 3.08. The number of thiophene rings is 1. The molecule has 1 aromatic carbocycles. The Morgan fingerprint density at radius 1 is 1.29 bits per heavy atom. The molecule has 8 heteroatoms. The van der Waals surface area contributed by atoms with Crippen molar-refractivity contribution in [3.8, 4) is 10.4 Å². The van der Waals surface area contributed by atoms with Crippen molar-refractivity contribution in [2.45, 2.75) is 6.18 Å². The van der Waals surface area contributed by atoms with Crippen molar-refractivity contribution in [1.29, 1.82) is 0 Å². The number of rotatable bonds is 2. The number of benzene rings is 1. The summed E-state index contributed by atoms with van der Waals surface area (Å²) in [6.45, 7) is 0.405. The first-order chi connectivity index (χ1) is 11.4. The molecule has 0 unspecified atom stereocenters. The molecule has 0 spiro atoms. The van der Waals surface area contributed by atoms with Crippen molar-refractivity contribution in [1.82, 2.24) is 4.90 Å². The Morgan fingerprint density at radius 3 is 2.75 bits per heavy atom. The first-order valence-corrected chi connectivity index (χ1v) is 7.82. The highest BCUT2D eigenvalue weighted by atomic mass is 32.1. The van der Waals surface area contributed by atoms with E-state index in [1.54, 1.807) is 17.0 Å². The van der Waals surface area contributed by atoms with E-state index in [9.17, 15) is 18.0 Å². The number of carbonyl (C=O) groups is 1. The maximum Gasteiger partial charge on any atom is 0.417 e. The molecule has 4 rings (SSSR count). The van der Waals surface area contributed by atoms with Crippen molar-refractivity contribution < 1.29 is 18.0 Å². The Labute approximate surface area is 138 Å². The molecule has 122 valence electrons. The molecule has 0 saturated carbocycles. The molecule has 0 fully saturated rings. The molecule has 2 aliphatic heterocycles. The van der Waals surface area contributed by atoms with E-state index in [1.165, 1.54) is 18.5 Å². The summed E-state index contributed by atoms with van der Waals surface area (Å²) in [6.07, 6.45) is -2.93. The van der Waals surface area contributed by atoms with Gasteiger partial charge in [-0.2, -0.15) is 13.2 Å². The van der Waals surface area contributed by atoms with Gasteiger partial charge >= 0.3 is 6.18 Å². The first kappa shape index (κ1) is 14.9. The summed E-state index contributed by atoms with van der Waals surface area (Å²) >= 11 is 1.12. The van der Waals surface area contributed by atoms with E-state index < -0.39 is 17.6 Å². The zero-order valence-corrected chi connectivity index (χ0v) is 12.9. The van der Waals surface area contributed by atoms with Crippen LogP contribution in [0.5, 0.6) is 0 Å². The van der Waals surface area contributed by atoms with Gasteiger partial charge in [-0.15, -0.1) is 11.3 Å². The number of nitrogens with zero attached hydrogens (tertiary/aromatic N) is 2. The lowest BCUT2D eigenvalue weighted by atomic mass is 10.1. The predicted octanol–water partition coefficient (Wildman–Crippen LogP) is 1.49. The lowest BCUT2D eigenvalue weighted by Crippen LogP contribution is -2.41. The SMILES string of the molecule is NC(=O)C1=c2sc(-c3ccccc3C(F)(F)F)cc2=C2CN1C=N2. The summed E-state index contributed by atoms with van der Waals surface area (Å²) in [4.78, 5) is 18.1. The van der Waals surface area contributed by atoms with E-state index in [2.05, 4.69) is 4.99 Å². The zero-order chi connectivity index (χ0) is 17.1. The number of aliphatic imine (C=N–C) groups is 1. The molecule has 1 amide bonds. The number of fused-ring (bicyclic) bond motifs is 3. The van der Waals surface area contributed by atoms with E-state index in [0.29, 0.717) is 21.2 Å². The fraction of sp³-hybridized carbons (Fsp3) is 0.125. The van der Waals surface area contributed by atoms with Crippen molar-refractivity contribution in [3.63, 3.8) is 0 Å². The number of hydrogen-bond donors (Lipinski definition) is 1. The van der Waals surface area contributed by atoms with Crippen LogP contribution in [0.3, 0.4) is 0 Å². The van der Waals surface area contributed by atoms with Gasteiger partial charge < -0.3 is 10.6 Å². The molecule has 2 bridgehead atoms. The van der Waals surface area contributed by atoms with Gasteiger partial charge in [0.1, 0.15) is 5.70 Å². The normalized spacial score (nSPS) is 15.9. The predicted molar refractivity (Wildman–Crippen MR) is 85.2 cm³/mol. The Hall–Kier alpha value is -2.61. The highest BCUT2D eigenvalue weighted by Gasteiger charge is 2.34. The molecule has 0 radical (unpaired) electrons. The highest BCUT2D eigenvalue weighted by molar-refractivity contribution is 7.13. The van der Waals surface area contributed by atoms with Crippen LogP contribution in [-0.2, 0) is 11.0 Å². The minimum Gasteiger partial charge on any atom is -0.364 e. The molecule has 2 aromatic rings. The highest BCUT2D eigenvalue weighted by Crippen LogP contribution is 2.37. The van der Waals surface area contributed by atoms with Gasteiger partial charge in [-0.05, 0) is 12.1 Å². The third-order valence-electron chi connectivity index (χ3n) is 3.95. The summed E-state index contributed by atoms with van der Waals surface area (Å²) in [5.74, 6) is -0.624. The van der Waals surface area contributed by atoms with E-state index in [0.717, 1.165) is 23.1 Å². The van der Waals surface area contributed by atoms with Gasteiger partial charge in [-0.1, -0.05) is 18.2 Å². The van der Waals surface area contributed by atoms with Gasteiger partial charge in [0.2, 0.25) is 0 Å². The minimum atomic E-state index is -4.45. The van der Waals surface area contributed by atoms with Crippen molar-refractivity contribution in [2.75, 3.05) is 6.54 Å². The number of hydrogen-bond acceptors (Lipinski definition) is 4. The number of carbonyl (C=O) groups excluding carboxylic acids is 1. The average Bonchev–Trinajstić information content (AvgIpc) is 3.12. The van der Waals surface area contributed by atoms with Gasteiger partial charge in [-0.3, -0.25) is 4.79 Å². The van der Waals surface area contributed by atoms with E-state index in [1.807, 2.05) is 0 Å². The van der Waals surface area contributed by atoms with Gasteiger partial charge in [0, 0.05) is 15.7 Å². The molecule has 0 atom stereocenters. The van der Waals surface area contributed by atoms with Crippen LogP contribution in [0.4, 0.5) is 13.2 Å². The van der Waals surface area contributed by atoms with E-state index >= 15 is 0 Å². The quantitative estimate of drug-likeness (QED) is 0.893. The van der Waals surface area contributed by atoms with Crippen LogP contribution in [0.15, 0.2) is 35.3 Å². The van der Waals surface area contributed by atoms with Gasteiger partial charge in [0.15, 0.2) is 0 Å². The average molecular weight is 349 g/mol. The Balaban J connectivity index is 2.03. The first-order valence-electron chi connectivity index (χ1n) is 7.01. The Morgan fingerprint density at radius 2 is 2.04 bits per heavy atom. The van der Waals surface area contributed by atoms with Gasteiger partial charge in [0.25, 0.3) is 5.91 Å². The van der Waals surface area contributed by atoms with Crippen LogP contribution in [0.2, 0.25) is 0 Å². The summed E-state index contributed by atoms with van der Waals surface area (Å²) in [6, 6.07) is 7.05. The second-order valence-electron chi connectivity index (χ2n) is 5.43. The Bertz CT molecular complexity index is 1020. The van der Waals surface area contributed by atoms with Gasteiger partial charge in [0.05, 0.1) is 28.7 Å². The molecule has 4 nitrogen and oxygen atoms in total. The molecular formula is C16H10F3N3OS. The van der Waals surface area contributed by atoms with E-state index in [-0.39, 0.29) is 11.3 Å². The number of halogens is 3. The maximum absolute atomic E-state index is 13.3. The topological polar surface area (TPSA) is 58.7 Å². The second-order valence-corrected chi connectivity index (χ2v) is 6.48. The molecule has 0 aliphatic carbocycles. The molecule has 0 saturated heterocycles. The van der Waals surface area contributed by atoms with Crippen LogP contribution >= 0.6 is 11.3 Å².